The number of hydrazine groups is 1. The van der Waals surface area contributed by atoms with Crippen molar-refractivity contribution in [2.24, 2.45) is 4.99 Å². The first-order chi connectivity index (χ1) is 8.45. The summed E-state index contributed by atoms with van der Waals surface area (Å²) >= 11 is 21.2. The van der Waals surface area contributed by atoms with E-state index in [1.165, 1.54) is 17.1 Å². The molecule has 96 valence electrons. The Morgan fingerprint density at radius 3 is 2.33 bits per heavy atom. The second kappa shape index (κ2) is 5.25. The predicted octanol–water partition coefficient (Wildman–Crippen LogP) is 3.29. The van der Waals surface area contributed by atoms with Crippen LogP contribution in [-0.4, -0.2) is 23.6 Å². The second-order valence-electron chi connectivity index (χ2n) is 3.47. The van der Waals surface area contributed by atoms with Gasteiger partial charge in [0.2, 0.25) is 0 Å². The minimum absolute atomic E-state index is 0.248. The zero-order valence-electron chi connectivity index (χ0n) is 9.05. The molecule has 1 heterocycles. The number of hydrogen-bond donors (Lipinski definition) is 1. The van der Waals surface area contributed by atoms with Gasteiger partial charge in [-0.25, -0.2) is 5.01 Å². The summed E-state index contributed by atoms with van der Waals surface area (Å²) in [6.45, 7) is 0. The van der Waals surface area contributed by atoms with Crippen LogP contribution in [0.1, 0.15) is 0 Å². The van der Waals surface area contributed by atoms with Crippen LogP contribution < -0.4 is 10.4 Å². The van der Waals surface area contributed by atoms with E-state index < -0.39 is 4.83 Å². The van der Waals surface area contributed by atoms with Crippen LogP contribution >= 0.6 is 50.7 Å². The molecule has 1 amide bonds. The molecule has 1 atom stereocenters. The number of aliphatic imine (C=N–C) groups is 1. The van der Waals surface area contributed by atoms with Crippen LogP contribution in [0.3, 0.4) is 0 Å². The maximum Gasteiger partial charge on any atom is 0.267 e. The molecule has 0 bridgehead atoms. The molecule has 0 aromatic heterocycles. The first kappa shape index (κ1) is 13.9. The third kappa shape index (κ3) is 2.32. The number of alkyl halides is 1. The van der Waals surface area contributed by atoms with Crippen LogP contribution in [0.15, 0.2) is 17.1 Å². The number of halogens is 4. The molecule has 0 radical (unpaired) electrons. The minimum Gasteiger partial charge on any atom is -0.277 e. The molecule has 1 aromatic rings. The topological polar surface area (TPSA) is 44.7 Å². The van der Waals surface area contributed by atoms with E-state index in [1.807, 2.05) is 0 Å². The van der Waals surface area contributed by atoms with Gasteiger partial charge < -0.3 is 0 Å². The van der Waals surface area contributed by atoms with Gasteiger partial charge in [0.1, 0.15) is 11.5 Å². The van der Waals surface area contributed by atoms with Gasteiger partial charge in [-0.05, 0) is 12.1 Å². The maximum absolute atomic E-state index is 12.0. The summed E-state index contributed by atoms with van der Waals surface area (Å²) in [5.41, 5.74) is 3.19. The van der Waals surface area contributed by atoms with Crippen LogP contribution in [-0.2, 0) is 4.79 Å². The summed E-state index contributed by atoms with van der Waals surface area (Å²) in [6.07, 6.45) is 0. The Morgan fingerprint density at radius 2 is 1.89 bits per heavy atom. The van der Waals surface area contributed by atoms with Crippen molar-refractivity contribution in [3.05, 3.63) is 27.2 Å². The van der Waals surface area contributed by atoms with Gasteiger partial charge in [-0.3, -0.25) is 15.2 Å². The standard InChI is InChI=1S/C10H7BrCl3N3O/c1-15-9-7(11)10(18)17(16-9)8-5(13)2-4(12)3-6(8)14/h2-3,7H,1H3,(H,15,16). The highest BCUT2D eigenvalue weighted by Crippen LogP contribution is 2.37. The molecular formula is C10H7BrCl3N3O. The van der Waals surface area contributed by atoms with Crippen LogP contribution in [0, 0.1) is 0 Å². The quantitative estimate of drug-likeness (QED) is 0.770. The second-order valence-corrected chi connectivity index (χ2v) is 5.64. The Bertz CT molecular complexity index is 526. The fourth-order valence-corrected chi connectivity index (χ4v) is 3.03. The third-order valence-electron chi connectivity index (χ3n) is 2.35. The molecule has 1 fully saturated rings. The summed E-state index contributed by atoms with van der Waals surface area (Å²) < 4.78 is 0. The monoisotopic (exact) mass is 369 g/mol. The van der Waals surface area contributed by atoms with Crippen LogP contribution in [0.4, 0.5) is 5.69 Å². The average Bonchev–Trinajstić information content (AvgIpc) is 2.56. The summed E-state index contributed by atoms with van der Waals surface area (Å²) in [7, 11) is 1.58. The fourth-order valence-electron chi connectivity index (χ4n) is 1.53. The van der Waals surface area contributed by atoms with Gasteiger partial charge in [0.15, 0.2) is 4.83 Å². The summed E-state index contributed by atoms with van der Waals surface area (Å²) in [5.74, 6) is 0.240. The van der Waals surface area contributed by atoms with Gasteiger partial charge in [-0.2, -0.15) is 0 Å². The van der Waals surface area contributed by atoms with E-state index >= 15 is 0 Å². The van der Waals surface area contributed by atoms with E-state index in [9.17, 15) is 4.79 Å². The molecule has 18 heavy (non-hydrogen) atoms. The SMILES string of the molecule is CN=C1NN(c2c(Cl)cc(Cl)cc2Cl)C(=O)C1Br. The zero-order chi connectivity index (χ0) is 13.4. The number of carbonyl (C=O) groups is 1. The molecule has 1 saturated heterocycles. The van der Waals surface area contributed by atoms with Gasteiger partial charge in [-0.1, -0.05) is 50.7 Å². The largest absolute Gasteiger partial charge is 0.277 e. The van der Waals surface area contributed by atoms with E-state index in [-0.39, 0.29) is 16.0 Å². The Labute approximate surface area is 127 Å². The lowest BCUT2D eigenvalue weighted by atomic mass is 10.3. The summed E-state index contributed by atoms with van der Waals surface area (Å²) in [6, 6.07) is 3.03. The van der Waals surface area contributed by atoms with Crippen molar-refractivity contribution in [1.29, 1.82) is 0 Å². The van der Waals surface area contributed by atoms with Crippen molar-refractivity contribution >= 4 is 68.2 Å². The highest BCUT2D eigenvalue weighted by molar-refractivity contribution is 9.10. The smallest absolute Gasteiger partial charge is 0.267 e. The molecular weight excluding hydrogens is 364 g/mol. The van der Waals surface area contributed by atoms with E-state index in [1.54, 1.807) is 7.05 Å². The zero-order valence-corrected chi connectivity index (χ0v) is 12.9. The van der Waals surface area contributed by atoms with Crippen molar-refractivity contribution in [3.8, 4) is 0 Å². The molecule has 1 aliphatic rings. The van der Waals surface area contributed by atoms with Gasteiger partial charge in [0.05, 0.1) is 10.0 Å². The Morgan fingerprint density at radius 1 is 1.33 bits per heavy atom. The highest BCUT2D eigenvalue weighted by atomic mass is 79.9. The molecule has 1 unspecified atom stereocenters. The van der Waals surface area contributed by atoms with Crippen molar-refractivity contribution in [1.82, 2.24) is 5.43 Å². The lowest BCUT2D eigenvalue weighted by Crippen LogP contribution is -2.36. The van der Waals surface area contributed by atoms with Crippen molar-refractivity contribution in [3.63, 3.8) is 0 Å². The van der Waals surface area contributed by atoms with Gasteiger partial charge in [0.25, 0.3) is 5.91 Å². The number of benzene rings is 1. The van der Waals surface area contributed by atoms with Crippen LogP contribution in [0.5, 0.6) is 0 Å². The highest BCUT2D eigenvalue weighted by Gasteiger charge is 2.37. The molecule has 1 aliphatic heterocycles. The number of amidine groups is 1. The number of amides is 1. The summed E-state index contributed by atoms with van der Waals surface area (Å²) in [4.78, 5) is 15.5. The minimum atomic E-state index is -0.537. The Hall–Kier alpha value is -0.490. The number of nitrogens with one attached hydrogen (secondary N) is 1. The molecule has 1 aromatic carbocycles. The molecule has 4 nitrogen and oxygen atoms in total. The van der Waals surface area contributed by atoms with Crippen molar-refractivity contribution < 1.29 is 4.79 Å². The van der Waals surface area contributed by atoms with Gasteiger partial charge in [-0.15, -0.1) is 0 Å². The average molecular weight is 371 g/mol. The first-order valence-electron chi connectivity index (χ1n) is 4.81. The lowest BCUT2D eigenvalue weighted by molar-refractivity contribution is -0.116. The van der Waals surface area contributed by atoms with E-state index in [2.05, 4.69) is 26.3 Å². The van der Waals surface area contributed by atoms with Crippen LogP contribution in [0.25, 0.3) is 0 Å². The van der Waals surface area contributed by atoms with E-state index in [0.29, 0.717) is 16.5 Å². The molecule has 8 heteroatoms. The third-order valence-corrected chi connectivity index (χ3v) is 3.97. The number of nitrogens with zero attached hydrogens (tertiary/aromatic N) is 2. The van der Waals surface area contributed by atoms with Crippen LogP contribution in [0.2, 0.25) is 15.1 Å². The Balaban J connectivity index is 2.48. The van der Waals surface area contributed by atoms with Crippen molar-refractivity contribution in [2.45, 2.75) is 4.83 Å². The number of carbonyl (C=O) groups excluding carboxylic acids is 1. The molecule has 2 rings (SSSR count). The molecule has 0 saturated carbocycles. The molecule has 0 aliphatic carbocycles. The van der Waals surface area contributed by atoms with E-state index in [0.717, 1.165) is 0 Å². The molecule has 0 spiro atoms. The lowest BCUT2D eigenvalue weighted by Gasteiger charge is -2.19. The fraction of sp³-hybridized carbons (Fsp3) is 0.200. The maximum atomic E-state index is 12.0. The molecule has 1 N–H and O–H groups in total. The van der Waals surface area contributed by atoms with E-state index in [4.69, 9.17) is 34.8 Å². The number of hydrogen-bond acceptors (Lipinski definition) is 2. The normalized spacial score (nSPS) is 21.6. The first-order valence-corrected chi connectivity index (χ1v) is 6.86. The predicted molar refractivity (Wildman–Crippen MR) is 78.2 cm³/mol. The number of rotatable bonds is 1. The number of anilines is 1. The summed E-state index contributed by atoms with van der Waals surface area (Å²) in [5, 5.41) is 2.22. The van der Waals surface area contributed by atoms with Crippen molar-refractivity contribution in [2.75, 3.05) is 12.1 Å². The van der Waals surface area contributed by atoms with Gasteiger partial charge in [0, 0.05) is 12.1 Å². The Kier molecular flexibility index (Phi) is 4.06. The van der Waals surface area contributed by atoms with Gasteiger partial charge >= 0.3 is 0 Å².